The third-order valence-electron chi connectivity index (χ3n) is 2.54. The smallest absolute Gasteiger partial charge is 0.338 e. The number of anilines is 2. The number of hydrogen-bond acceptors (Lipinski definition) is 2. The average molecular weight is 400 g/mol. The fraction of sp³-hybridized carbons (Fsp3) is 0. The third kappa shape index (κ3) is 4.15. The minimum absolute atomic E-state index is 0.192. The first-order valence-electron chi connectivity index (χ1n) is 5.82. The van der Waals surface area contributed by atoms with E-state index in [1.54, 1.807) is 18.2 Å². The number of rotatable bonds is 3. The second kappa shape index (κ2) is 6.53. The SMILES string of the molecule is O=C(Nc1cccc(I)c1)Nc1ccc(F)c(C(=O)O)c1. The van der Waals surface area contributed by atoms with Crippen LogP contribution in [0.4, 0.5) is 20.6 Å². The Morgan fingerprint density at radius 2 is 1.71 bits per heavy atom. The van der Waals surface area contributed by atoms with Gasteiger partial charge in [0.15, 0.2) is 0 Å². The van der Waals surface area contributed by atoms with Crippen molar-refractivity contribution in [3.8, 4) is 0 Å². The van der Waals surface area contributed by atoms with Crippen LogP contribution in [0.2, 0.25) is 0 Å². The summed E-state index contributed by atoms with van der Waals surface area (Å²) in [6, 6.07) is 9.95. The lowest BCUT2D eigenvalue weighted by Crippen LogP contribution is -2.19. The molecule has 0 aliphatic rings. The quantitative estimate of drug-likeness (QED) is 0.687. The van der Waals surface area contributed by atoms with Crippen molar-refractivity contribution in [2.75, 3.05) is 10.6 Å². The Morgan fingerprint density at radius 1 is 1.05 bits per heavy atom. The predicted octanol–water partition coefficient (Wildman–Crippen LogP) is 3.77. The number of carboxylic acids is 1. The number of amides is 2. The van der Waals surface area contributed by atoms with Crippen molar-refractivity contribution in [2.45, 2.75) is 0 Å². The molecule has 2 rings (SSSR count). The van der Waals surface area contributed by atoms with Crippen molar-refractivity contribution >= 4 is 46.0 Å². The summed E-state index contributed by atoms with van der Waals surface area (Å²) in [6.07, 6.45) is 0. The summed E-state index contributed by atoms with van der Waals surface area (Å²) < 4.78 is 14.2. The number of carbonyl (C=O) groups is 2. The molecule has 0 radical (unpaired) electrons. The van der Waals surface area contributed by atoms with Crippen molar-refractivity contribution in [3.63, 3.8) is 0 Å². The molecule has 0 saturated heterocycles. The topological polar surface area (TPSA) is 78.4 Å². The number of hydrogen-bond donors (Lipinski definition) is 3. The van der Waals surface area contributed by atoms with Gasteiger partial charge in [-0.15, -0.1) is 0 Å². The fourth-order valence-corrected chi connectivity index (χ4v) is 2.17. The van der Waals surface area contributed by atoms with Gasteiger partial charge in [0.05, 0.1) is 5.56 Å². The summed E-state index contributed by atoms with van der Waals surface area (Å²) in [6.45, 7) is 0. The van der Waals surface area contributed by atoms with Gasteiger partial charge in [-0.05, 0) is 59.0 Å². The first-order valence-corrected chi connectivity index (χ1v) is 6.90. The van der Waals surface area contributed by atoms with Gasteiger partial charge < -0.3 is 15.7 Å². The lowest BCUT2D eigenvalue weighted by molar-refractivity contribution is 0.0692. The van der Waals surface area contributed by atoms with Crippen LogP contribution in [0.1, 0.15) is 10.4 Å². The largest absolute Gasteiger partial charge is 0.478 e. The van der Waals surface area contributed by atoms with Crippen LogP contribution in [0, 0.1) is 9.39 Å². The Hall–Kier alpha value is -2.16. The number of carbonyl (C=O) groups excluding carboxylic acids is 1. The molecular formula is C14H10FIN2O3. The number of benzene rings is 2. The second-order valence-electron chi connectivity index (χ2n) is 4.09. The number of carboxylic acid groups (broad SMARTS) is 1. The highest BCUT2D eigenvalue weighted by atomic mass is 127. The minimum atomic E-state index is -1.39. The number of nitrogens with one attached hydrogen (secondary N) is 2. The molecule has 5 nitrogen and oxygen atoms in total. The van der Waals surface area contributed by atoms with Gasteiger partial charge in [0, 0.05) is 14.9 Å². The average Bonchev–Trinajstić information content (AvgIpc) is 2.40. The molecule has 2 aromatic rings. The Labute approximate surface area is 133 Å². The zero-order chi connectivity index (χ0) is 15.4. The fourth-order valence-electron chi connectivity index (χ4n) is 1.63. The maximum Gasteiger partial charge on any atom is 0.338 e. The Kier molecular flexibility index (Phi) is 4.73. The molecular weight excluding hydrogens is 390 g/mol. The van der Waals surface area contributed by atoms with Gasteiger partial charge >= 0.3 is 12.0 Å². The molecule has 0 heterocycles. The summed E-state index contributed by atoms with van der Waals surface area (Å²) in [5.74, 6) is -2.25. The van der Waals surface area contributed by atoms with Crippen LogP contribution >= 0.6 is 22.6 Å². The third-order valence-corrected chi connectivity index (χ3v) is 3.21. The Balaban J connectivity index is 2.09. The maximum absolute atomic E-state index is 13.2. The van der Waals surface area contributed by atoms with E-state index in [-0.39, 0.29) is 5.69 Å². The highest BCUT2D eigenvalue weighted by Crippen LogP contribution is 2.16. The number of halogens is 2. The molecule has 21 heavy (non-hydrogen) atoms. The van der Waals surface area contributed by atoms with Crippen molar-refractivity contribution in [1.29, 1.82) is 0 Å². The van der Waals surface area contributed by atoms with E-state index < -0.39 is 23.4 Å². The number of aromatic carboxylic acids is 1. The first-order chi connectivity index (χ1) is 9.95. The molecule has 0 aliphatic heterocycles. The second-order valence-corrected chi connectivity index (χ2v) is 5.33. The van der Waals surface area contributed by atoms with Crippen LogP contribution in [-0.4, -0.2) is 17.1 Å². The number of urea groups is 1. The van der Waals surface area contributed by atoms with Crippen LogP contribution in [-0.2, 0) is 0 Å². The van der Waals surface area contributed by atoms with Crippen LogP contribution in [0.25, 0.3) is 0 Å². The van der Waals surface area contributed by atoms with E-state index >= 15 is 0 Å². The molecule has 0 unspecified atom stereocenters. The standard InChI is InChI=1S/C14H10FIN2O3/c15-12-5-4-10(7-11(12)13(19)20)18-14(21)17-9-3-1-2-8(16)6-9/h1-7H,(H,19,20)(H2,17,18,21). The van der Waals surface area contributed by atoms with Crippen LogP contribution in [0.3, 0.4) is 0 Å². The van der Waals surface area contributed by atoms with Crippen LogP contribution in [0.15, 0.2) is 42.5 Å². The molecule has 0 bridgehead atoms. The minimum Gasteiger partial charge on any atom is -0.478 e. The van der Waals surface area contributed by atoms with E-state index in [2.05, 4.69) is 33.2 Å². The van der Waals surface area contributed by atoms with Crippen molar-refractivity contribution in [3.05, 3.63) is 57.4 Å². The highest BCUT2D eigenvalue weighted by molar-refractivity contribution is 14.1. The van der Waals surface area contributed by atoms with Gasteiger partial charge in [-0.3, -0.25) is 0 Å². The molecule has 0 aromatic heterocycles. The maximum atomic E-state index is 13.2. The lowest BCUT2D eigenvalue weighted by Gasteiger charge is -2.09. The van der Waals surface area contributed by atoms with E-state index in [4.69, 9.17) is 5.11 Å². The van der Waals surface area contributed by atoms with Crippen molar-refractivity contribution in [2.24, 2.45) is 0 Å². The van der Waals surface area contributed by atoms with E-state index in [9.17, 15) is 14.0 Å². The van der Waals surface area contributed by atoms with Gasteiger partial charge in [0.1, 0.15) is 5.82 Å². The van der Waals surface area contributed by atoms with Gasteiger partial charge in [-0.1, -0.05) is 6.07 Å². The van der Waals surface area contributed by atoms with Crippen LogP contribution < -0.4 is 10.6 Å². The molecule has 108 valence electrons. The lowest BCUT2D eigenvalue weighted by atomic mass is 10.2. The monoisotopic (exact) mass is 400 g/mol. The zero-order valence-corrected chi connectivity index (χ0v) is 12.7. The summed E-state index contributed by atoms with van der Waals surface area (Å²) in [5, 5.41) is 13.9. The molecule has 7 heteroatoms. The Morgan fingerprint density at radius 3 is 2.33 bits per heavy atom. The van der Waals surface area contributed by atoms with E-state index in [1.807, 2.05) is 6.07 Å². The highest BCUT2D eigenvalue weighted by Gasteiger charge is 2.12. The van der Waals surface area contributed by atoms with Gasteiger partial charge in [-0.2, -0.15) is 0 Å². The normalized spacial score (nSPS) is 10.0. The van der Waals surface area contributed by atoms with E-state index in [0.29, 0.717) is 5.69 Å². The van der Waals surface area contributed by atoms with Gasteiger partial charge in [0.2, 0.25) is 0 Å². The van der Waals surface area contributed by atoms with Crippen molar-refractivity contribution in [1.82, 2.24) is 0 Å². The van der Waals surface area contributed by atoms with Crippen molar-refractivity contribution < 1.29 is 19.1 Å². The molecule has 2 amide bonds. The molecule has 0 atom stereocenters. The predicted molar refractivity (Wildman–Crippen MR) is 85.2 cm³/mol. The summed E-state index contributed by atoms with van der Waals surface area (Å²) in [4.78, 5) is 22.6. The molecule has 0 aliphatic carbocycles. The molecule has 0 fully saturated rings. The summed E-state index contributed by atoms with van der Waals surface area (Å²) >= 11 is 2.11. The summed E-state index contributed by atoms with van der Waals surface area (Å²) in [5.41, 5.74) is 0.291. The van der Waals surface area contributed by atoms with Crippen LogP contribution in [0.5, 0.6) is 0 Å². The molecule has 3 N–H and O–H groups in total. The Bertz CT molecular complexity index is 706. The van der Waals surface area contributed by atoms with Gasteiger partial charge in [0.25, 0.3) is 0 Å². The van der Waals surface area contributed by atoms with E-state index in [1.165, 1.54) is 6.07 Å². The molecule has 0 spiro atoms. The first kappa shape index (κ1) is 15.2. The van der Waals surface area contributed by atoms with E-state index in [0.717, 1.165) is 15.7 Å². The summed E-state index contributed by atoms with van der Waals surface area (Å²) in [7, 11) is 0. The van der Waals surface area contributed by atoms with Gasteiger partial charge in [-0.25, -0.2) is 14.0 Å². The molecule has 2 aromatic carbocycles. The molecule has 0 saturated carbocycles. The zero-order valence-electron chi connectivity index (χ0n) is 10.6.